The summed E-state index contributed by atoms with van der Waals surface area (Å²) >= 11 is 0. The van der Waals surface area contributed by atoms with Gasteiger partial charge in [-0.15, -0.1) is 0 Å². The largest absolute Gasteiger partial charge is 0.250 e. The molecule has 1 aliphatic carbocycles. The molecule has 2 unspecified atom stereocenters. The molecule has 0 aromatic rings. The average Bonchev–Trinajstić information content (AvgIpc) is 2.35. The van der Waals surface area contributed by atoms with Gasteiger partial charge in [-0.05, 0) is 19.8 Å². The predicted molar refractivity (Wildman–Crippen MR) is 40.1 cm³/mol. The van der Waals surface area contributed by atoms with Crippen LogP contribution in [0.15, 0.2) is 4.36 Å². The Bertz CT molecular complexity index is 226. The molecule has 0 aromatic carbocycles. The number of rotatable bonds is 2. The normalized spacial score (nSPS) is 27.1. The van der Waals surface area contributed by atoms with E-state index in [0.717, 1.165) is 12.8 Å². The van der Waals surface area contributed by atoms with Crippen molar-refractivity contribution in [1.82, 2.24) is 0 Å². The van der Waals surface area contributed by atoms with Crippen molar-refractivity contribution in [2.75, 3.05) is 6.26 Å². The van der Waals surface area contributed by atoms with Crippen LogP contribution in [0.1, 0.15) is 19.8 Å². The maximum atomic E-state index is 12.2. The van der Waals surface area contributed by atoms with E-state index < -0.39 is 16.0 Å². The molecule has 4 heteroatoms. The van der Waals surface area contributed by atoms with Crippen LogP contribution in [0.4, 0.5) is 4.39 Å². The highest BCUT2D eigenvalue weighted by atomic mass is 32.2. The third kappa shape index (κ3) is 1.94. The van der Waals surface area contributed by atoms with Crippen molar-refractivity contribution in [1.29, 1.82) is 0 Å². The summed E-state index contributed by atoms with van der Waals surface area (Å²) in [7, 11) is -2.19. The van der Waals surface area contributed by atoms with Crippen molar-refractivity contribution >= 4 is 9.73 Å². The number of halogens is 1. The maximum Gasteiger partial charge on any atom is 0.195 e. The minimum absolute atomic E-state index is 0.172. The summed E-state index contributed by atoms with van der Waals surface area (Å²) in [4.78, 5) is 0. The molecule has 60 valence electrons. The van der Waals surface area contributed by atoms with Crippen molar-refractivity contribution in [3.8, 4) is 0 Å². The van der Waals surface area contributed by atoms with Crippen LogP contribution in [0.3, 0.4) is 0 Å². The average molecular weight is 165 g/mol. The van der Waals surface area contributed by atoms with Crippen LogP contribution in [0.5, 0.6) is 0 Å². The highest BCUT2D eigenvalue weighted by molar-refractivity contribution is 7.93. The molecule has 0 heterocycles. The molecule has 0 spiro atoms. The van der Waals surface area contributed by atoms with Gasteiger partial charge in [-0.3, -0.25) is 0 Å². The van der Waals surface area contributed by atoms with Gasteiger partial charge in [0, 0.05) is 21.2 Å². The van der Waals surface area contributed by atoms with E-state index in [-0.39, 0.29) is 5.25 Å². The second-order valence-corrected chi connectivity index (χ2v) is 5.34. The summed E-state index contributed by atoms with van der Waals surface area (Å²) in [6, 6.07) is 0. The summed E-state index contributed by atoms with van der Waals surface area (Å²) < 4.78 is 27.1. The van der Waals surface area contributed by atoms with E-state index in [0.29, 0.717) is 0 Å². The van der Waals surface area contributed by atoms with E-state index in [1.807, 2.05) is 0 Å². The molecule has 10 heavy (non-hydrogen) atoms. The Balaban J connectivity index is 2.75. The van der Waals surface area contributed by atoms with Gasteiger partial charge in [-0.25, -0.2) is 8.60 Å². The smallest absolute Gasteiger partial charge is 0.195 e. The second-order valence-electron chi connectivity index (χ2n) is 2.74. The Morgan fingerprint density at radius 1 is 1.70 bits per heavy atom. The van der Waals surface area contributed by atoms with E-state index >= 15 is 0 Å². The van der Waals surface area contributed by atoms with Gasteiger partial charge in [0.05, 0.1) is 0 Å². The number of nitrogens with zero attached hydrogens (tertiary/aromatic N) is 1. The van der Waals surface area contributed by atoms with Crippen LogP contribution in [-0.4, -0.2) is 22.0 Å². The van der Waals surface area contributed by atoms with Crippen molar-refractivity contribution in [2.24, 2.45) is 4.36 Å². The summed E-state index contributed by atoms with van der Waals surface area (Å²) in [5.74, 6) is 0. The fourth-order valence-electron chi connectivity index (χ4n) is 0.880. The van der Waals surface area contributed by atoms with Crippen molar-refractivity contribution < 1.29 is 8.60 Å². The zero-order valence-corrected chi connectivity index (χ0v) is 7.03. The Hall–Kier alpha value is -0.120. The molecule has 0 aromatic heterocycles. The van der Waals surface area contributed by atoms with E-state index in [4.69, 9.17) is 0 Å². The molecule has 0 saturated heterocycles. The summed E-state index contributed by atoms with van der Waals surface area (Å²) in [6.07, 6.45) is 2.16. The van der Waals surface area contributed by atoms with Crippen LogP contribution >= 0.6 is 0 Å². The summed E-state index contributed by atoms with van der Waals surface area (Å²) in [5, 5.41) is 0.172. The first-order valence-corrected chi connectivity index (χ1v) is 5.35. The van der Waals surface area contributed by atoms with Crippen LogP contribution in [0, 0.1) is 0 Å². The highest BCUT2D eigenvalue weighted by Gasteiger charge is 2.30. The zero-order valence-electron chi connectivity index (χ0n) is 6.21. The summed E-state index contributed by atoms with van der Waals surface area (Å²) in [6.45, 7) is 1.31. The van der Waals surface area contributed by atoms with E-state index in [1.54, 1.807) is 6.26 Å². The van der Waals surface area contributed by atoms with Gasteiger partial charge in [0.1, 0.15) is 0 Å². The fourth-order valence-corrected chi connectivity index (χ4v) is 2.64. The Morgan fingerprint density at radius 2 is 2.20 bits per heavy atom. The Kier molecular flexibility index (Phi) is 1.99. The summed E-state index contributed by atoms with van der Waals surface area (Å²) in [5.41, 5.74) is 0. The monoisotopic (exact) mass is 165 g/mol. The first-order valence-electron chi connectivity index (χ1n) is 3.36. The quantitative estimate of drug-likeness (QED) is 0.571. The van der Waals surface area contributed by atoms with Gasteiger partial charge in [0.2, 0.25) is 0 Å². The first-order chi connectivity index (χ1) is 4.52. The molecule has 1 saturated carbocycles. The lowest BCUT2D eigenvalue weighted by atomic mass is 10.8. The van der Waals surface area contributed by atoms with E-state index in [9.17, 15) is 8.60 Å². The molecule has 0 aliphatic heterocycles. The molecule has 0 radical (unpaired) electrons. The third-order valence-corrected chi connectivity index (χ3v) is 3.91. The predicted octanol–water partition coefficient (Wildman–Crippen LogP) is 1.56. The van der Waals surface area contributed by atoms with Crippen LogP contribution in [0.2, 0.25) is 0 Å². The first kappa shape index (κ1) is 7.98. The Morgan fingerprint density at radius 3 is 2.50 bits per heavy atom. The molecule has 1 aliphatic rings. The third-order valence-electron chi connectivity index (χ3n) is 1.50. The number of hydrogen-bond donors (Lipinski definition) is 0. The molecular formula is C6H12FNOS. The number of alkyl halides is 1. The molecule has 2 atom stereocenters. The lowest BCUT2D eigenvalue weighted by Crippen LogP contribution is -2.05. The molecule has 0 bridgehead atoms. The second kappa shape index (κ2) is 2.49. The van der Waals surface area contributed by atoms with Crippen LogP contribution in [-0.2, 0) is 9.73 Å². The molecule has 1 fully saturated rings. The minimum atomic E-state index is -2.19. The van der Waals surface area contributed by atoms with Crippen LogP contribution < -0.4 is 0 Å². The highest BCUT2D eigenvalue weighted by Crippen LogP contribution is 2.29. The topological polar surface area (TPSA) is 29.4 Å². The van der Waals surface area contributed by atoms with Crippen molar-refractivity contribution in [3.05, 3.63) is 0 Å². The van der Waals surface area contributed by atoms with Gasteiger partial charge in [0.25, 0.3) is 0 Å². The number of hydrogen-bond acceptors (Lipinski definition) is 2. The van der Waals surface area contributed by atoms with Gasteiger partial charge in [0.15, 0.2) is 6.30 Å². The lowest BCUT2D eigenvalue weighted by Gasteiger charge is -2.00. The van der Waals surface area contributed by atoms with Crippen LogP contribution in [0.25, 0.3) is 0 Å². The van der Waals surface area contributed by atoms with E-state index in [1.165, 1.54) is 6.92 Å². The standard InChI is InChI=1S/C6H12FNOS/c1-5(7)8-10(2,9)6-3-4-6/h5-6H,3-4H2,1-2H3. The fraction of sp³-hybridized carbons (Fsp3) is 1.00. The minimum Gasteiger partial charge on any atom is -0.250 e. The van der Waals surface area contributed by atoms with Crippen molar-refractivity contribution in [3.63, 3.8) is 0 Å². The molecule has 0 N–H and O–H groups in total. The molecule has 1 rings (SSSR count). The lowest BCUT2D eigenvalue weighted by molar-refractivity contribution is 0.379. The molecule has 0 amide bonds. The van der Waals surface area contributed by atoms with E-state index in [2.05, 4.69) is 4.36 Å². The molecule has 2 nitrogen and oxygen atoms in total. The van der Waals surface area contributed by atoms with Gasteiger partial charge in [-0.2, -0.15) is 4.36 Å². The Labute approximate surface area is 61.0 Å². The van der Waals surface area contributed by atoms with Gasteiger partial charge in [-0.1, -0.05) is 0 Å². The molecular weight excluding hydrogens is 153 g/mol. The van der Waals surface area contributed by atoms with Gasteiger partial charge >= 0.3 is 0 Å². The zero-order chi connectivity index (χ0) is 7.78. The SMILES string of the molecule is CC(F)N=S(C)(=O)C1CC1. The van der Waals surface area contributed by atoms with Gasteiger partial charge < -0.3 is 0 Å². The van der Waals surface area contributed by atoms with Crippen molar-refractivity contribution in [2.45, 2.75) is 31.3 Å². The maximum absolute atomic E-state index is 12.2.